The van der Waals surface area contributed by atoms with Gasteiger partial charge in [-0.1, -0.05) is 60.7 Å². The molecule has 1 aliphatic heterocycles. The predicted molar refractivity (Wildman–Crippen MR) is 101 cm³/mol. The van der Waals surface area contributed by atoms with Crippen LogP contribution in [0.5, 0.6) is 0 Å². The number of carbonyl (C=O) groups excluding carboxylic acids is 2. The molecule has 0 aromatic heterocycles. The number of piperazine rings is 1. The van der Waals surface area contributed by atoms with Crippen molar-refractivity contribution in [2.75, 3.05) is 19.6 Å². The summed E-state index contributed by atoms with van der Waals surface area (Å²) in [6, 6.07) is 19.0. The van der Waals surface area contributed by atoms with Gasteiger partial charge in [0, 0.05) is 19.6 Å². The second-order valence-electron chi connectivity index (χ2n) is 6.57. The van der Waals surface area contributed by atoms with Crippen LogP contribution in [-0.2, 0) is 22.7 Å². The van der Waals surface area contributed by atoms with E-state index in [0.717, 1.165) is 11.1 Å². The molecule has 2 amide bonds. The van der Waals surface area contributed by atoms with Crippen LogP contribution in [0.1, 0.15) is 18.1 Å². The molecule has 1 aliphatic rings. The van der Waals surface area contributed by atoms with Crippen LogP contribution in [0, 0.1) is 0 Å². The van der Waals surface area contributed by atoms with E-state index in [1.807, 2.05) is 67.6 Å². The van der Waals surface area contributed by atoms with Gasteiger partial charge in [-0.2, -0.15) is 0 Å². The smallest absolute Gasteiger partial charge is 0.410 e. The Bertz CT molecular complexity index is 751. The predicted octanol–water partition coefficient (Wildman–Crippen LogP) is 3.67. The molecule has 2 aromatic rings. The zero-order chi connectivity index (χ0) is 19.1. The summed E-state index contributed by atoms with van der Waals surface area (Å²) in [7, 11) is 0. The van der Waals surface area contributed by atoms with E-state index >= 15 is 0 Å². The van der Waals surface area contributed by atoms with Crippen LogP contribution in [0.15, 0.2) is 60.7 Å². The molecule has 1 heterocycles. The number of ether oxygens (including phenoxy) is 2. The molecule has 1 unspecified atom stereocenters. The standard InChI is InChI=1S/C21H24N2O4/c1-17-14-22(20(24)26-15-18-8-4-2-5-9-18)12-13-23(17)21(25)27-16-19-10-6-3-7-11-19/h2-11,17H,12-16H2,1H3. The summed E-state index contributed by atoms with van der Waals surface area (Å²) in [5.74, 6) is 0. The molecule has 27 heavy (non-hydrogen) atoms. The normalized spacial score (nSPS) is 16.7. The number of hydrogen-bond acceptors (Lipinski definition) is 4. The van der Waals surface area contributed by atoms with Crippen LogP contribution in [0.2, 0.25) is 0 Å². The molecule has 2 aromatic carbocycles. The van der Waals surface area contributed by atoms with E-state index in [1.54, 1.807) is 9.80 Å². The molecule has 0 spiro atoms. The highest BCUT2D eigenvalue weighted by Crippen LogP contribution is 2.14. The summed E-state index contributed by atoms with van der Waals surface area (Å²) in [5, 5.41) is 0. The third kappa shape index (κ3) is 5.23. The van der Waals surface area contributed by atoms with Crippen molar-refractivity contribution in [1.29, 1.82) is 0 Å². The maximum absolute atomic E-state index is 12.3. The van der Waals surface area contributed by atoms with Crippen LogP contribution in [0.25, 0.3) is 0 Å². The number of amides is 2. The Morgan fingerprint density at radius 2 is 1.37 bits per heavy atom. The fraction of sp³-hybridized carbons (Fsp3) is 0.333. The van der Waals surface area contributed by atoms with Gasteiger partial charge in [0.15, 0.2) is 0 Å². The molecule has 6 nitrogen and oxygen atoms in total. The van der Waals surface area contributed by atoms with Crippen LogP contribution in [-0.4, -0.2) is 47.7 Å². The molecule has 0 bridgehead atoms. The van der Waals surface area contributed by atoms with Crippen molar-refractivity contribution in [3.8, 4) is 0 Å². The minimum absolute atomic E-state index is 0.133. The first-order valence-corrected chi connectivity index (χ1v) is 9.06. The van der Waals surface area contributed by atoms with E-state index in [2.05, 4.69) is 0 Å². The van der Waals surface area contributed by atoms with Gasteiger partial charge in [0.25, 0.3) is 0 Å². The van der Waals surface area contributed by atoms with E-state index in [9.17, 15) is 9.59 Å². The monoisotopic (exact) mass is 368 g/mol. The molecule has 142 valence electrons. The van der Waals surface area contributed by atoms with Gasteiger partial charge in [0.1, 0.15) is 13.2 Å². The quantitative estimate of drug-likeness (QED) is 0.826. The maximum Gasteiger partial charge on any atom is 0.410 e. The SMILES string of the molecule is CC1CN(C(=O)OCc2ccccc2)CCN1C(=O)OCc1ccccc1. The lowest BCUT2D eigenvalue weighted by atomic mass is 10.2. The third-order valence-corrected chi connectivity index (χ3v) is 4.53. The highest BCUT2D eigenvalue weighted by molar-refractivity contribution is 5.70. The Hall–Kier alpha value is -3.02. The maximum atomic E-state index is 12.3. The van der Waals surface area contributed by atoms with Crippen molar-refractivity contribution < 1.29 is 19.1 Å². The molecular weight excluding hydrogens is 344 g/mol. The lowest BCUT2D eigenvalue weighted by Gasteiger charge is -2.38. The fourth-order valence-corrected chi connectivity index (χ4v) is 3.01. The first-order valence-electron chi connectivity index (χ1n) is 9.06. The lowest BCUT2D eigenvalue weighted by molar-refractivity contribution is 0.0366. The minimum Gasteiger partial charge on any atom is -0.445 e. The van der Waals surface area contributed by atoms with E-state index in [1.165, 1.54) is 0 Å². The average Bonchev–Trinajstić information content (AvgIpc) is 2.71. The number of carbonyl (C=O) groups is 2. The molecule has 0 aliphatic carbocycles. The van der Waals surface area contributed by atoms with Gasteiger partial charge < -0.3 is 19.3 Å². The van der Waals surface area contributed by atoms with E-state index < -0.39 is 0 Å². The van der Waals surface area contributed by atoms with E-state index in [4.69, 9.17) is 9.47 Å². The highest BCUT2D eigenvalue weighted by Gasteiger charge is 2.31. The van der Waals surface area contributed by atoms with Crippen molar-refractivity contribution in [1.82, 2.24) is 9.80 Å². The van der Waals surface area contributed by atoms with Crippen LogP contribution < -0.4 is 0 Å². The van der Waals surface area contributed by atoms with Gasteiger partial charge in [-0.25, -0.2) is 9.59 Å². The number of nitrogens with zero attached hydrogens (tertiary/aromatic N) is 2. The Kier molecular flexibility index (Phi) is 6.30. The van der Waals surface area contributed by atoms with Crippen LogP contribution >= 0.6 is 0 Å². The number of benzene rings is 2. The first-order chi connectivity index (χ1) is 13.1. The highest BCUT2D eigenvalue weighted by atomic mass is 16.6. The summed E-state index contributed by atoms with van der Waals surface area (Å²) >= 11 is 0. The van der Waals surface area contributed by atoms with Crippen molar-refractivity contribution in [3.05, 3.63) is 71.8 Å². The second kappa shape index (κ2) is 9.07. The Morgan fingerprint density at radius 3 is 1.89 bits per heavy atom. The third-order valence-electron chi connectivity index (χ3n) is 4.53. The van der Waals surface area contributed by atoms with E-state index in [0.29, 0.717) is 19.6 Å². The molecule has 1 fully saturated rings. The molecule has 0 radical (unpaired) electrons. The Morgan fingerprint density at radius 1 is 0.852 bits per heavy atom. The van der Waals surface area contributed by atoms with Gasteiger partial charge in [0.2, 0.25) is 0 Å². The summed E-state index contributed by atoms with van der Waals surface area (Å²) in [5.41, 5.74) is 1.89. The van der Waals surface area contributed by atoms with Crippen LogP contribution in [0.3, 0.4) is 0 Å². The summed E-state index contributed by atoms with van der Waals surface area (Å²) in [4.78, 5) is 27.9. The molecule has 0 N–H and O–H groups in total. The molecule has 1 saturated heterocycles. The van der Waals surface area contributed by atoms with Gasteiger partial charge in [-0.05, 0) is 18.1 Å². The molecule has 3 rings (SSSR count). The minimum atomic E-state index is -0.358. The van der Waals surface area contributed by atoms with Gasteiger partial charge in [0.05, 0.1) is 6.04 Å². The van der Waals surface area contributed by atoms with Crippen LogP contribution in [0.4, 0.5) is 9.59 Å². The summed E-state index contributed by atoms with van der Waals surface area (Å²) in [6.45, 7) is 3.67. The lowest BCUT2D eigenvalue weighted by Crippen LogP contribution is -2.55. The number of rotatable bonds is 4. The van der Waals surface area contributed by atoms with Crippen molar-refractivity contribution in [3.63, 3.8) is 0 Å². The zero-order valence-electron chi connectivity index (χ0n) is 15.4. The second-order valence-corrected chi connectivity index (χ2v) is 6.57. The summed E-state index contributed by atoms with van der Waals surface area (Å²) in [6.07, 6.45) is -0.716. The molecule has 1 atom stereocenters. The topological polar surface area (TPSA) is 59.1 Å². The Labute approximate surface area is 159 Å². The van der Waals surface area contributed by atoms with Gasteiger partial charge in [-0.15, -0.1) is 0 Å². The Balaban J connectivity index is 1.45. The van der Waals surface area contributed by atoms with Gasteiger partial charge in [-0.3, -0.25) is 0 Å². The zero-order valence-corrected chi connectivity index (χ0v) is 15.4. The average molecular weight is 368 g/mol. The molecular formula is C21H24N2O4. The molecule has 6 heteroatoms. The van der Waals surface area contributed by atoms with Crippen molar-refractivity contribution >= 4 is 12.2 Å². The summed E-state index contributed by atoms with van der Waals surface area (Å²) < 4.78 is 10.8. The largest absolute Gasteiger partial charge is 0.445 e. The first kappa shape index (κ1) is 18.8. The van der Waals surface area contributed by atoms with Gasteiger partial charge >= 0.3 is 12.2 Å². The van der Waals surface area contributed by atoms with E-state index in [-0.39, 0.29) is 31.4 Å². The number of hydrogen-bond donors (Lipinski definition) is 0. The fourth-order valence-electron chi connectivity index (χ4n) is 3.01. The van der Waals surface area contributed by atoms with Crippen molar-refractivity contribution in [2.24, 2.45) is 0 Å². The van der Waals surface area contributed by atoms with Crippen molar-refractivity contribution in [2.45, 2.75) is 26.2 Å². The molecule has 0 saturated carbocycles.